The summed E-state index contributed by atoms with van der Waals surface area (Å²) in [7, 11) is 0. The summed E-state index contributed by atoms with van der Waals surface area (Å²) < 4.78 is 28.8. The second-order valence-corrected chi connectivity index (χ2v) is 7.91. The van der Waals surface area contributed by atoms with E-state index >= 15 is 0 Å². The van der Waals surface area contributed by atoms with E-state index < -0.39 is 23.8 Å². The first-order valence-electron chi connectivity index (χ1n) is 10.2. The van der Waals surface area contributed by atoms with Crippen LogP contribution in [0.4, 0.5) is 13.6 Å². The predicted octanol–water partition coefficient (Wildman–Crippen LogP) is 4.45. The Morgan fingerprint density at radius 2 is 1.88 bits per heavy atom. The van der Waals surface area contributed by atoms with Crippen molar-refractivity contribution < 1.29 is 23.8 Å². The lowest BCUT2D eigenvalue weighted by molar-refractivity contribution is 0.189. The van der Waals surface area contributed by atoms with Crippen molar-refractivity contribution in [1.82, 2.24) is 24.9 Å². The highest BCUT2D eigenvalue weighted by Gasteiger charge is 2.26. The van der Waals surface area contributed by atoms with Crippen molar-refractivity contribution in [1.29, 1.82) is 0 Å². The van der Waals surface area contributed by atoms with Crippen LogP contribution in [0.15, 0.2) is 48.8 Å². The Morgan fingerprint density at radius 1 is 1.15 bits per heavy atom. The van der Waals surface area contributed by atoms with E-state index in [-0.39, 0.29) is 40.7 Å². The van der Waals surface area contributed by atoms with E-state index in [4.69, 9.17) is 0 Å². The summed E-state index contributed by atoms with van der Waals surface area (Å²) in [6, 6.07) is 7.04. The van der Waals surface area contributed by atoms with Gasteiger partial charge < -0.3 is 15.5 Å². The minimum absolute atomic E-state index is 0.109. The molecule has 0 spiro atoms. The zero-order valence-electron chi connectivity index (χ0n) is 17.8. The molecule has 0 unspecified atom stereocenters. The molecule has 0 saturated heterocycles. The van der Waals surface area contributed by atoms with Gasteiger partial charge in [0, 0.05) is 29.6 Å². The van der Waals surface area contributed by atoms with Gasteiger partial charge in [0.25, 0.3) is 0 Å². The fraction of sp³-hybridized carbons (Fsp3) is 0.217. The molecule has 4 aromatic rings. The number of hydrogen-bond donors (Lipinski definition) is 3. The molecule has 4 rings (SSSR count). The summed E-state index contributed by atoms with van der Waals surface area (Å²) >= 11 is 0. The van der Waals surface area contributed by atoms with Crippen molar-refractivity contribution in [2.24, 2.45) is 0 Å². The molecule has 0 fully saturated rings. The summed E-state index contributed by atoms with van der Waals surface area (Å²) in [4.78, 5) is 20.5. The molecule has 3 heterocycles. The average Bonchev–Trinajstić information content (AvgIpc) is 3.21. The maximum Gasteiger partial charge on any atom is 0.405 e. The van der Waals surface area contributed by atoms with E-state index in [0.29, 0.717) is 5.56 Å². The zero-order valence-corrected chi connectivity index (χ0v) is 17.8. The van der Waals surface area contributed by atoms with Gasteiger partial charge in [0.05, 0.1) is 23.5 Å². The van der Waals surface area contributed by atoms with Gasteiger partial charge in [0.15, 0.2) is 5.65 Å². The fourth-order valence-electron chi connectivity index (χ4n) is 3.70. The molecular formula is C23H21F2N5O3. The normalized spacial score (nSPS) is 12.3. The number of halogens is 2. The number of rotatable bonds is 6. The molecule has 0 bridgehead atoms. The van der Waals surface area contributed by atoms with Gasteiger partial charge in [-0.3, -0.25) is 4.98 Å². The van der Waals surface area contributed by atoms with Gasteiger partial charge in [0.1, 0.15) is 11.6 Å². The summed E-state index contributed by atoms with van der Waals surface area (Å²) in [5.41, 5.74) is 2.21. The van der Waals surface area contributed by atoms with Crippen LogP contribution in [-0.2, 0) is 6.42 Å². The first-order chi connectivity index (χ1) is 15.7. The highest BCUT2D eigenvalue weighted by molar-refractivity contribution is 5.74. The van der Waals surface area contributed by atoms with Crippen LogP contribution >= 0.6 is 0 Å². The SMILES string of the molecule is CC(C)c1ccc(-c2c([C@H](Cc3cc(F)cc(F)c3)NC(=O)O)nc3ccnn3c2O)cn1. The Bertz CT molecular complexity index is 1300. The smallest absolute Gasteiger partial charge is 0.405 e. The maximum absolute atomic E-state index is 13.8. The first-order valence-corrected chi connectivity index (χ1v) is 10.2. The lowest BCUT2D eigenvalue weighted by atomic mass is 9.96. The first kappa shape index (κ1) is 22.1. The van der Waals surface area contributed by atoms with Crippen LogP contribution in [0.5, 0.6) is 5.88 Å². The van der Waals surface area contributed by atoms with Crippen molar-refractivity contribution in [3.63, 3.8) is 0 Å². The lowest BCUT2D eigenvalue weighted by Gasteiger charge is -2.21. The van der Waals surface area contributed by atoms with Gasteiger partial charge in [-0.05, 0) is 36.1 Å². The number of fused-ring (bicyclic) bond motifs is 1. The predicted molar refractivity (Wildman–Crippen MR) is 116 cm³/mol. The van der Waals surface area contributed by atoms with E-state index in [1.807, 2.05) is 13.8 Å². The number of carbonyl (C=O) groups is 1. The number of aromatic hydroxyl groups is 1. The Balaban J connectivity index is 1.90. The maximum atomic E-state index is 13.8. The van der Waals surface area contributed by atoms with Crippen molar-refractivity contribution in [2.45, 2.75) is 32.2 Å². The van der Waals surface area contributed by atoms with Crippen molar-refractivity contribution in [2.75, 3.05) is 0 Å². The van der Waals surface area contributed by atoms with Crippen LogP contribution in [0, 0.1) is 11.6 Å². The Hall–Kier alpha value is -4.08. The van der Waals surface area contributed by atoms with Crippen LogP contribution in [-0.4, -0.2) is 35.9 Å². The topological polar surface area (TPSA) is 113 Å². The second kappa shape index (κ2) is 8.81. The number of carboxylic acid groups (broad SMARTS) is 1. The summed E-state index contributed by atoms with van der Waals surface area (Å²) in [6.07, 6.45) is 1.54. The number of hydrogen-bond acceptors (Lipinski definition) is 5. The number of amides is 1. The number of aromatic nitrogens is 4. The quantitative estimate of drug-likeness (QED) is 0.398. The molecule has 3 aromatic heterocycles. The highest BCUT2D eigenvalue weighted by atomic mass is 19.1. The van der Waals surface area contributed by atoms with Crippen LogP contribution in [0.25, 0.3) is 16.8 Å². The van der Waals surface area contributed by atoms with Gasteiger partial charge in [-0.1, -0.05) is 19.9 Å². The summed E-state index contributed by atoms with van der Waals surface area (Å²) in [6.45, 7) is 3.99. The van der Waals surface area contributed by atoms with Crippen molar-refractivity contribution >= 4 is 11.7 Å². The number of benzene rings is 1. The molecule has 170 valence electrons. The van der Waals surface area contributed by atoms with E-state index in [1.54, 1.807) is 24.4 Å². The van der Waals surface area contributed by atoms with Gasteiger partial charge in [0.2, 0.25) is 5.88 Å². The van der Waals surface area contributed by atoms with E-state index in [2.05, 4.69) is 20.4 Å². The van der Waals surface area contributed by atoms with Crippen molar-refractivity contribution in [3.8, 4) is 17.0 Å². The molecule has 1 atom stereocenters. The molecule has 33 heavy (non-hydrogen) atoms. The third-order valence-corrected chi connectivity index (χ3v) is 5.19. The standard InChI is InChI=1S/C23H21F2N5O3/c1-12(2)17-4-3-14(11-26-17)20-21(29-19-5-6-27-30(19)22(20)31)18(28-23(32)33)9-13-7-15(24)10-16(25)8-13/h3-8,10-12,18,28,31H,9H2,1-2H3,(H,32,33)/t18-/m0/s1. The van der Waals surface area contributed by atoms with Crippen LogP contribution in [0.3, 0.4) is 0 Å². The molecule has 8 nitrogen and oxygen atoms in total. The van der Waals surface area contributed by atoms with Crippen molar-refractivity contribution in [3.05, 3.63) is 77.4 Å². The Kier molecular flexibility index (Phi) is 5.91. The molecule has 0 aliphatic carbocycles. The minimum Gasteiger partial charge on any atom is -0.493 e. The van der Waals surface area contributed by atoms with E-state index in [9.17, 15) is 23.8 Å². The van der Waals surface area contributed by atoms with Gasteiger partial charge in [-0.2, -0.15) is 9.61 Å². The molecule has 10 heteroatoms. The third kappa shape index (κ3) is 4.59. The molecule has 0 radical (unpaired) electrons. The number of nitrogens with zero attached hydrogens (tertiary/aromatic N) is 4. The lowest BCUT2D eigenvalue weighted by Crippen LogP contribution is -2.30. The Labute approximate surface area is 187 Å². The molecule has 3 N–H and O–H groups in total. The summed E-state index contributed by atoms with van der Waals surface area (Å²) in [5.74, 6) is -1.64. The average molecular weight is 453 g/mol. The highest BCUT2D eigenvalue weighted by Crippen LogP contribution is 2.36. The molecule has 0 aliphatic rings. The molecular weight excluding hydrogens is 432 g/mol. The van der Waals surface area contributed by atoms with Gasteiger partial charge in [-0.15, -0.1) is 0 Å². The Morgan fingerprint density at radius 3 is 2.48 bits per heavy atom. The molecule has 0 saturated carbocycles. The summed E-state index contributed by atoms with van der Waals surface area (Å²) in [5, 5.41) is 26.9. The third-order valence-electron chi connectivity index (χ3n) is 5.19. The van der Waals surface area contributed by atoms with Crippen LogP contribution in [0.1, 0.15) is 42.8 Å². The van der Waals surface area contributed by atoms with Crippen LogP contribution < -0.4 is 5.32 Å². The number of nitrogens with one attached hydrogen (secondary N) is 1. The monoisotopic (exact) mass is 453 g/mol. The molecule has 1 aromatic carbocycles. The second-order valence-electron chi connectivity index (χ2n) is 7.91. The van der Waals surface area contributed by atoms with E-state index in [0.717, 1.165) is 23.9 Å². The molecule has 1 amide bonds. The minimum atomic E-state index is -1.36. The fourth-order valence-corrected chi connectivity index (χ4v) is 3.70. The van der Waals surface area contributed by atoms with Gasteiger partial charge >= 0.3 is 6.09 Å². The largest absolute Gasteiger partial charge is 0.493 e. The van der Waals surface area contributed by atoms with E-state index in [1.165, 1.54) is 10.7 Å². The molecule has 0 aliphatic heterocycles. The zero-order chi connectivity index (χ0) is 23.7. The number of pyridine rings is 1. The van der Waals surface area contributed by atoms with Gasteiger partial charge in [-0.25, -0.2) is 18.6 Å². The van der Waals surface area contributed by atoms with Crippen LogP contribution in [0.2, 0.25) is 0 Å².